The molecular formula is C21H21NO2. The van der Waals surface area contributed by atoms with Crippen LogP contribution in [-0.4, -0.2) is 37.3 Å². The summed E-state index contributed by atoms with van der Waals surface area (Å²) in [5, 5.41) is 13.0. The zero-order valence-electron chi connectivity index (χ0n) is 14.0. The smallest absolute Gasteiger partial charge is 0.127 e. The summed E-state index contributed by atoms with van der Waals surface area (Å²) < 4.78 is 6.05. The molecule has 0 unspecified atom stereocenters. The Morgan fingerprint density at radius 1 is 0.958 bits per heavy atom. The number of rotatable bonds is 4. The van der Waals surface area contributed by atoms with E-state index in [1.807, 2.05) is 50.5 Å². The molecule has 0 saturated heterocycles. The summed E-state index contributed by atoms with van der Waals surface area (Å²) in [6.45, 7) is 1.48. The van der Waals surface area contributed by atoms with Crippen molar-refractivity contribution in [2.24, 2.45) is 0 Å². The van der Waals surface area contributed by atoms with E-state index in [9.17, 15) is 5.11 Å². The number of hydrogen-bond donors (Lipinski definition) is 1. The molecule has 1 aliphatic carbocycles. The normalized spacial score (nSPS) is 15.6. The second-order valence-electron chi connectivity index (χ2n) is 6.53. The first-order chi connectivity index (χ1) is 11.7. The fourth-order valence-corrected chi connectivity index (χ4v) is 3.47. The molecule has 3 aromatic rings. The number of fused-ring (bicyclic) bond motifs is 5. The van der Waals surface area contributed by atoms with Gasteiger partial charge in [-0.3, -0.25) is 0 Å². The maximum atomic E-state index is 10.8. The van der Waals surface area contributed by atoms with Gasteiger partial charge in [0.2, 0.25) is 0 Å². The molecule has 0 saturated carbocycles. The molecule has 1 atom stereocenters. The van der Waals surface area contributed by atoms with Crippen LogP contribution in [-0.2, 0) is 0 Å². The summed E-state index contributed by atoms with van der Waals surface area (Å²) in [5.41, 5.74) is 4.17. The van der Waals surface area contributed by atoms with Gasteiger partial charge in [-0.05, 0) is 47.8 Å². The Hall–Kier alpha value is -2.36. The highest BCUT2D eigenvalue weighted by Crippen LogP contribution is 2.49. The molecule has 0 aromatic heterocycles. The predicted octanol–water partition coefficient (Wildman–Crippen LogP) is 3.84. The first kappa shape index (κ1) is 15.2. The summed E-state index contributed by atoms with van der Waals surface area (Å²) in [7, 11) is 4.06. The van der Waals surface area contributed by atoms with Crippen molar-refractivity contribution in [3.05, 3.63) is 65.7 Å². The predicted molar refractivity (Wildman–Crippen MR) is 97.5 cm³/mol. The van der Waals surface area contributed by atoms with Crippen molar-refractivity contribution in [3.8, 4) is 16.9 Å². The van der Waals surface area contributed by atoms with Gasteiger partial charge in [-0.25, -0.2) is 0 Å². The number of ether oxygens (including phenoxy) is 1. The Bertz CT molecular complexity index is 901. The Morgan fingerprint density at radius 3 is 2.46 bits per heavy atom. The number of nitrogens with zero attached hydrogens (tertiary/aromatic N) is 1. The molecule has 0 spiro atoms. The minimum absolute atomic E-state index is 0.586. The molecule has 0 radical (unpaired) electrons. The molecule has 3 aromatic carbocycles. The molecule has 0 aliphatic heterocycles. The standard InChI is InChI=1S/C21H21NO2/c1-22(2)11-12-24-19-13-18-20(15-8-4-3-7-14(15)19)16-9-5-6-10-17(16)21(18)23/h3-10,13,21,23H,11-12H2,1-2H3/t21-/m0/s1. The van der Waals surface area contributed by atoms with Crippen molar-refractivity contribution in [1.29, 1.82) is 0 Å². The zero-order chi connectivity index (χ0) is 16.7. The Kier molecular flexibility index (Phi) is 3.75. The van der Waals surface area contributed by atoms with E-state index in [2.05, 4.69) is 23.1 Å². The minimum Gasteiger partial charge on any atom is -0.492 e. The highest BCUT2D eigenvalue weighted by atomic mass is 16.5. The van der Waals surface area contributed by atoms with Gasteiger partial charge in [0.25, 0.3) is 0 Å². The second-order valence-corrected chi connectivity index (χ2v) is 6.53. The minimum atomic E-state index is -0.586. The second kappa shape index (κ2) is 5.93. The van der Waals surface area contributed by atoms with Crippen molar-refractivity contribution in [2.45, 2.75) is 6.10 Å². The molecule has 1 N–H and O–H groups in total. The molecule has 0 fully saturated rings. The summed E-state index contributed by atoms with van der Waals surface area (Å²) in [5.74, 6) is 0.845. The lowest BCUT2D eigenvalue weighted by Gasteiger charge is -2.16. The topological polar surface area (TPSA) is 32.7 Å². The lowest BCUT2D eigenvalue weighted by atomic mass is 9.97. The van der Waals surface area contributed by atoms with Gasteiger partial charge in [-0.1, -0.05) is 48.5 Å². The number of aliphatic hydroxyl groups excluding tert-OH is 1. The number of likely N-dealkylation sites (N-methyl/N-ethyl adjacent to an activating group) is 1. The van der Waals surface area contributed by atoms with Gasteiger partial charge in [0, 0.05) is 11.9 Å². The van der Waals surface area contributed by atoms with E-state index in [1.54, 1.807) is 0 Å². The first-order valence-electron chi connectivity index (χ1n) is 8.27. The molecule has 24 heavy (non-hydrogen) atoms. The van der Waals surface area contributed by atoms with Crippen LogP contribution in [0, 0.1) is 0 Å². The van der Waals surface area contributed by atoms with Crippen LogP contribution >= 0.6 is 0 Å². The zero-order valence-corrected chi connectivity index (χ0v) is 14.0. The molecule has 0 heterocycles. The van der Waals surface area contributed by atoms with Gasteiger partial charge in [-0.2, -0.15) is 0 Å². The van der Waals surface area contributed by atoms with Gasteiger partial charge in [0.1, 0.15) is 18.5 Å². The fourth-order valence-electron chi connectivity index (χ4n) is 3.47. The van der Waals surface area contributed by atoms with Crippen LogP contribution in [0.25, 0.3) is 21.9 Å². The Balaban J connectivity index is 1.88. The van der Waals surface area contributed by atoms with Crippen LogP contribution in [0.1, 0.15) is 17.2 Å². The maximum absolute atomic E-state index is 10.8. The van der Waals surface area contributed by atoms with E-state index >= 15 is 0 Å². The van der Waals surface area contributed by atoms with Crippen molar-refractivity contribution in [2.75, 3.05) is 27.2 Å². The lowest BCUT2D eigenvalue weighted by molar-refractivity contribution is 0.223. The van der Waals surface area contributed by atoms with E-state index in [0.29, 0.717) is 6.61 Å². The van der Waals surface area contributed by atoms with Crippen molar-refractivity contribution in [1.82, 2.24) is 4.90 Å². The first-order valence-corrected chi connectivity index (χ1v) is 8.27. The van der Waals surface area contributed by atoms with Gasteiger partial charge in [0.15, 0.2) is 0 Å². The summed E-state index contributed by atoms with van der Waals surface area (Å²) in [6, 6.07) is 18.4. The van der Waals surface area contributed by atoms with E-state index < -0.39 is 6.10 Å². The van der Waals surface area contributed by atoms with Crippen LogP contribution in [0.3, 0.4) is 0 Å². The number of hydrogen-bond acceptors (Lipinski definition) is 3. The SMILES string of the molecule is CN(C)CCOc1cc2c(c3ccccc13)-c1ccccc1[C@@H]2O. The summed E-state index contributed by atoms with van der Waals surface area (Å²) in [4.78, 5) is 2.10. The fraction of sp³-hybridized carbons (Fsp3) is 0.238. The van der Waals surface area contributed by atoms with Crippen LogP contribution in [0.15, 0.2) is 54.6 Å². The summed E-state index contributed by atoms with van der Waals surface area (Å²) >= 11 is 0. The molecule has 0 amide bonds. The van der Waals surface area contributed by atoms with E-state index in [-0.39, 0.29) is 0 Å². The Labute approximate surface area is 142 Å². The third-order valence-electron chi connectivity index (χ3n) is 4.65. The van der Waals surface area contributed by atoms with Crippen LogP contribution in [0.5, 0.6) is 5.75 Å². The molecular weight excluding hydrogens is 298 g/mol. The van der Waals surface area contributed by atoms with Gasteiger partial charge >= 0.3 is 0 Å². The highest BCUT2D eigenvalue weighted by Gasteiger charge is 2.29. The van der Waals surface area contributed by atoms with Crippen LogP contribution in [0.2, 0.25) is 0 Å². The molecule has 3 nitrogen and oxygen atoms in total. The molecule has 3 heteroatoms. The monoisotopic (exact) mass is 319 g/mol. The van der Waals surface area contributed by atoms with E-state index in [1.165, 1.54) is 0 Å². The van der Waals surface area contributed by atoms with Gasteiger partial charge in [0.05, 0.1) is 0 Å². The largest absolute Gasteiger partial charge is 0.492 e. The number of aliphatic hydroxyl groups is 1. The quantitative estimate of drug-likeness (QED) is 0.793. The van der Waals surface area contributed by atoms with Crippen LogP contribution < -0.4 is 4.74 Å². The molecule has 122 valence electrons. The average molecular weight is 319 g/mol. The third-order valence-corrected chi connectivity index (χ3v) is 4.65. The highest BCUT2D eigenvalue weighted by molar-refractivity contribution is 6.04. The van der Waals surface area contributed by atoms with Crippen LogP contribution in [0.4, 0.5) is 0 Å². The maximum Gasteiger partial charge on any atom is 0.127 e. The summed E-state index contributed by atoms with van der Waals surface area (Å²) in [6.07, 6.45) is -0.586. The van der Waals surface area contributed by atoms with Crippen molar-refractivity contribution < 1.29 is 9.84 Å². The number of benzene rings is 3. The van der Waals surface area contributed by atoms with Crippen molar-refractivity contribution >= 4 is 10.8 Å². The molecule has 0 bridgehead atoms. The average Bonchev–Trinajstić information content (AvgIpc) is 2.88. The van der Waals surface area contributed by atoms with Crippen molar-refractivity contribution in [3.63, 3.8) is 0 Å². The molecule has 4 rings (SSSR count). The lowest BCUT2D eigenvalue weighted by Crippen LogP contribution is -2.19. The van der Waals surface area contributed by atoms with E-state index in [0.717, 1.165) is 45.3 Å². The molecule has 1 aliphatic rings. The van der Waals surface area contributed by atoms with Gasteiger partial charge < -0.3 is 14.7 Å². The third kappa shape index (κ3) is 2.37. The Morgan fingerprint density at radius 2 is 1.67 bits per heavy atom. The van der Waals surface area contributed by atoms with E-state index in [4.69, 9.17) is 4.74 Å². The van der Waals surface area contributed by atoms with Gasteiger partial charge in [-0.15, -0.1) is 0 Å².